The van der Waals surface area contributed by atoms with Gasteiger partial charge in [-0.3, -0.25) is 0 Å². The summed E-state index contributed by atoms with van der Waals surface area (Å²) in [6.07, 6.45) is 2.34. The van der Waals surface area contributed by atoms with Crippen molar-refractivity contribution in [2.24, 2.45) is 0 Å². The van der Waals surface area contributed by atoms with Crippen molar-refractivity contribution in [1.82, 2.24) is 5.32 Å². The van der Waals surface area contributed by atoms with Crippen LogP contribution in [0.2, 0.25) is 0 Å². The number of nitrogens with one attached hydrogen (secondary N) is 1. The van der Waals surface area contributed by atoms with Crippen LogP contribution in [0.25, 0.3) is 0 Å². The summed E-state index contributed by atoms with van der Waals surface area (Å²) in [7, 11) is 3.42. The van der Waals surface area contributed by atoms with Gasteiger partial charge < -0.3 is 14.8 Å². The zero-order chi connectivity index (χ0) is 14.3. The summed E-state index contributed by atoms with van der Waals surface area (Å²) in [6.45, 7) is 7.61. The topological polar surface area (TPSA) is 30.5 Å². The standard InChI is InChI=1S/C16H27NO2/c1-6-8-15(17-7-2)12(3)14-11-13(18-4)9-10-16(14)19-5/h9-12,15,17H,6-8H2,1-5H3. The number of ether oxygens (including phenoxy) is 2. The molecule has 0 saturated carbocycles. The predicted molar refractivity (Wildman–Crippen MR) is 80.3 cm³/mol. The zero-order valence-electron chi connectivity index (χ0n) is 12.8. The summed E-state index contributed by atoms with van der Waals surface area (Å²) < 4.78 is 10.8. The second-order valence-corrected chi connectivity index (χ2v) is 4.85. The predicted octanol–water partition coefficient (Wildman–Crippen LogP) is 3.59. The summed E-state index contributed by atoms with van der Waals surface area (Å²) in [5, 5.41) is 3.57. The van der Waals surface area contributed by atoms with Crippen molar-refractivity contribution in [2.75, 3.05) is 20.8 Å². The van der Waals surface area contributed by atoms with Crippen LogP contribution in [-0.4, -0.2) is 26.8 Å². The second-order valence-electron chi connectivity index (χ2n) is 4.85. The fraction of sp³-hybridized carbons (Fsp3) is 0.625. The molecule has 0 aliphatic heterocycles. The summed E-state index contributed by atoms with van der Waals surface area (Å²) in [4.78, 5) is 0. The third kappa shape index (κ3) is 4.13. The minimum absolute atomic E-state index is 0.393. The van der Waals surface area contributed by atoms with Crippen LogP contribution in [0.5, 0.6) is 11.5 Å². The zero-order valence-corrected chi connectivity index (χ0v) is 12.8. The Bertz CT molecular complexity index is 373. The van der Waals surface area contributed by atoms with Crippen LogP contribution in [0, 0.1) is 0 Å². The highest BCUT2D eigenvalue weighted by atomic mass is 16.5. The molecule has 0 aliphatic carbocycles. The second kappa shape index (κ2) is 8.05. The van der Waals surface area contributed by atoms with Gasteiger partial charge in [-0.1, -0.05) is 27.2 Å². The summed E-state index contributed by atoms with van der Waals surface area (Å²) in [6, 6.07) is 6.48. The molecule has 0 amide bonds. The largest absolute Gasteiger partial charge is 0.497 e. The van der Waals surface area contributed by atoms with Crippen molar-refractivity contribution in [2.45, 2.75) is 45.6 Å². The van der Waals surface area contributed by atoms with Gasteiger partial charge in [0, 0.05) is 17.5 Å². The molecule has 1 rings (SSSR count). The van der Waals surface area contributed by atoms with Gasteiger partial charge >= 0.3 is 0 Å². The van der Waals surface area contributed by atoms with Crippen molar-refractivity contribution in [3.63, 3.8) is 0 Å². The molecule has 0 bridgehead atoms. The SMILES string of the molecule is CCCC(NCC)C(C)c1cc(OC)ccc1OC. The minimum atomic E-state index is 0.393. The molecule has 3 heteroatoms. The van der Waals surface area contributed by atoms with E-state index in [-0.39, 0.29) is 0 Å². The number of benzene rings is 1. The van der Waals surface area contributed by atoms with Crippen molar-refractivity contribution in [3.05, 3.63) is 23.8 Å². The maximum absolute atomic E-state index is 5.49. The first-order chi connectivity index (χ1) is 9.17. The maximum Gasteiger partial charge on any atom is 0.122 e. The molecule has 0 saturated heterocycles. The highest BCUT2D eigenvalue weighted by molar-refractivity contribution is 5.42. The van der Waals surface area contributed by atoms with Gasteiger partial charge in [0.15, 0.2) is 0 Å². The van der Waals surface area contributed by atoms with Gasteiger partial charge in [-0.05, 0) is 31.2 Å². The quantitative estimate of drug-likeness (QED) is 0.779. The first-order valence-corrected chi connectivity index (χ1v) is 7.13. The number of methoxy groups -OCH3 is 2. The Labute approximate surface area is 117 Å². The minimum Gasteiger partial charge on any atom is -0.497 e. The summed E-state index contributed by atoms with van der Waals surface area (Å²) in [5.41, 5.74) is 1.21. The Kier molecular flexibility index (Phi) is 6.71. The van der Waals surface area contributed by atoms with E-state index >= 15 is 0 Å². The van der Waals surface area contributed by atoms with Crippen molar-refractivity contribution >= 4 is 0 Å². The molecule has 1 N–H and O–H groups in total. The van der Waals surface area contributed by atoms with E-state index in [1.54, 1.807) is 14.2 Å². The van der Waals surface area contributed by atoms with E-state index in [1.807, 2.05) is 12.1 Å². The number of likely N-dealkylation sites (N-methyl/N-ethyl adjacent to an activating group) is 1. The lowest BCUT2D eigenvalue weighted by Gasteiger charge is -2.26. The fourth-order valence-electron chi connectivity index (χ4n) is 2.51. The fourth-order valence-corrected chi connectivity index (χ4v) is 2.51. The highest BCUT2D eigenvalue weighted by Crippen LogP contribution is 2.33. The van der Waals surface area contributed by atoms with Crippen LogP contribution < -0.4 is 14.8 Å². The average Bonchev–Trinajstić information content (AvgIpc) is 2.45. The van der Waals surface area contributed by atoms with E-state index in [4.69, 9.17) is 9.47 Å². The Hall–Kier alpha value is -1.22. The molecule has 3 nitrogen and oxygen atoms in total. The first-order valence-electron chi connectivity index (χ1n) is 7.13. The van der Waals surface area contributed by atoms with E-state index < -0.39 is 0 Å². The normalized spacial score (nSPS) is 13.9. The molecule has 0 aliphatic rings. The molecule has 19 heavy (non-hydrogen) atoms. The number of hydrogen-bond acceptors (Lipinski definition) is 3. The molecular weight excluding hydrogens is 238 g/mol. The first kappa shape index (κ1) is 15.8. The molecule has 0 fully saturated rings. The van der Waals surface area contributed by atoms with E-state index in [0.717, 1.165) is 24.5 Å². The van der Waals surface area contributed by atoms with Crippen LogP contribution in [0.3, 0.4) is 0 Å². The Morgan fingerprint density at radius 3 is 2.42 bits per heavy atom. The van der Waals surface area contributed by atoms with Gasteiger partial charge in [-0.2, -0.15) is 0 Å². The van der Waals surface area contributed by atoms with E-state index in [9.17, 15) is 0 Å². The molecule has 1 aromatic carbocycles. The van der Waals surface area contributed by atoms with Gasteiger partial charge in [0.2, 0.25) is 0 Å². The lowest BCUT2D eigenvalue weighted by Crippen LogP contribution is -2.33. The number of hydrogen-bond donors (Lipinski definition) is 1. The van der Waals surface area contributed by atoms with E-state index in [0.29, 0.717) is 12.0 Å². The molecule has 0 aromatic heterocycles. The summed E-state index contributed by atoms with van der Waals surface area (Å²) in [5.74, 6) is 2.21. The van der Waals surface area contributed by atoms with Gasteiger partial charge in [-0.25, -0.2) is 0 Å². The van der Waals surface area contributed by atoms with Crippen molar-refractivity contribution < 1.29 is 9.47 Å². The van der Waals surface area contributed by atoms with Crippen molar-refractivity contribution in [3.8, 4) is 11.5 Å². The highest BCUT2D eigenvalue weighted by Gasteiger charge is 2.21. The monoisotopic (exact) mass is 265 g/mol. The van der Waals surface area contributed by atoms with Gasteiger partial charge in [0.1, 0.15) is 11.5 Å². The van der Waals surface area contributed by atoms with Crippen LogP contribution in [0.1, 0.15) is 45.1 Å². The lowest BCUT2D eigenvalue weighted by atomic mass is 9.89. The van der Waals surface area contributed by atoms with Crippen LogP contribution in [0.15, 0.2) is 18.2 Å². The molecule has 2 unspecified atom stereocenters. The Balaban J connectivity index is 3.02. The van der Waals surface area contributed by atoms with E-state index in [1.165, 1.54) is 12.0 Å². The third-order valence-corrected chi connectivity index (χ3v) is 3.60. The average molecular weight is 265 g/mol. The van der Waals surface area contributed by atoms with Gasteiger partial charge in [0.05, 0.1) is 14.2 Å². The van der Waals surface area contributed by atoms with Gasteiger partial charge in [0.25, 0.3) is 0 Å². The molecule has 0 spiro atoms. The smallest absolute Gasteiger partial charge is 0.122 e. The number of rotatable bonds is 8. The molecule has 1 aromatic rings. The van der Waals surface area contributed by atoms with Gasteiger partial charge in [-0.15, -0.1) is 0 Å². The Morgan fingerprint density at radius 2 is 1.89 bits per heavy atom. The molecule has 2 atom stereocenters. The third-order valence-electron chi connectivity index (χ3n) is 3.60. The van der Waals surface area contributed by atoms with Crippen LogP contribution >= 0.6 is 0 Å². The van der Waals surface area contributed by atoms with Crippen LogP contribution in [-0.2, 0) is 0 Å². The Morgan fingerprint density at radius 1 is 1.16 bits per heavy atom. The maximum atomic E-state index is 5.49. The lowest BCUT2D eigenvalue weighted by molar-refractivity contribution is 0.379. The molecule has 0 radical (unpaired) electrons. The molecule has 108 valence electrons. The molecule has 0 heterocycles. The van der Waals surface area contributed by atoms with E-state index in [2.05, 4.69) is 32.2 Å². The molecular formula is C16H27NO2. The van der Waals surface area contributed by atoms with Crippen molar-refractivity contribution in [1.29, 1.82) is 0 Å². The van der Waals surface area contributed by atoms with Crippen LogP contribution in [0.4, 0.5) is 0 Å². The summed E-state index contributed by atoms with van der Waals surface area (Å²) >= 11 is 0.